The Morgan fingerprint density at radius 3 is 2.65 bits per heavy atom. The lowest BCUT2D eigenvalue weighted by Gasteiger charge is -2.35. The van der Waals surface area contributed by atoms with Crippen LogP contribution in [0.1, 0.15) is 37.7 Å². The Bertz CT molecular complexity index is 1910. The van der Waals surface area contributed by atoms with Crippen LogP contribution >= 0.6 is 11.3 Å². The molecule has 0 radical (unpaired) electrons. The third kappa shape index (κ3) is 4.74. The average molecular weight is 656 g/mol. The third-order valence-electron chi connectivity index (χ3n) is 10.0. The molecule has 240 valence electrons. The number of hydrogen-bond acceptors (Lipinski definition) is 8. The topological polar surface area (TPSA) is 83.9 Å². The van der Waals surface area contributed by atoms with Crippen molar-refractivity contribution < 1.29 is 26.7 Å². The second-order valence-electron chi connectivity index (χ2n) is 12.9. The number of piperazine rings is 1. The predicted octanol–water partition coefficient (Wildman–Crippen LogP) is 6.70. The average Bonchev–Trinajstić information content (AvgIpc) is 3.75. The molecule has 0 saturated carbocycles. The summed E-state index contributed by atoms with van der Waals surface area (Å²) in [6.45, 7) is 10.1. The van der Waals surface area contributed by atoms with Crippen molar-refractivity contribution >= 4 is 48.8 Å². The van der Waals surface area contributed by atoms with Crippen LogP contribution in [0.3, 0.4) is 0 Å². The van der Waals surface area contributed by atoms with Gasteiger partial charge in [0.1, 0.15) is 24.4 Å². The van der Waals surface area contributed by atoms with Gasteiger partial charge in [0, 0.05) is 48.9 Å². The summed E-state index contributed by atoms with van der Waals surface area (Å²) in [6.07, 6.45) is -1.77. The largest absolute Gasteiger partial charge is 0.461 e. The molecule has 8 rings (SSSR count). The summed E-state index contributed by atoms with van der Waals surface area (Å²) < 4.78 is 80.2. The molecule has 0 amide bonds. The first kappa shape index (κ1) is 29.6. The number of fused-ring (bicyclic) bond motifs is 5. The summed E-state index contributed by atoms with van der Waals surface area (Å²) in [4.78, 5) is 16.9. The van der Waals surface area contributed by atoms with E-state index in [1.165, 1.54) is 12.1 Å². The Hall–Kier alpha value is -3.80. The van der Waals surface area contributed by atoms with E-state index < -0.39 is 29.3 Å². The van der Waals surface area contributed by atoms with Crippen molar-refractivity contribution in [2.75, 3.05) is 43.4 Å². The van der Waals surface area contributed by atoms with Crippen molar-refractivity contribution in [1.82, 2.24) is 20.2 Å². The van der Waals surface area contributed by atoms with Gasteiger partial charge in [-0.15, -0.1) is 11.3 Å². The van der Waals surface area contributed by atoms with E-state index in [2.05, 4.69) is 20.0 Å². The Labute approximate surface area is 265 Å². The van der Waals surface area contributed by atoms with Gasteiger partial charge in [-0.2, -0.15) is 23.1 Å². The quantitative estimate of drug-likeness (QED) is 0.183. The summed E-state index contributed by atoms with van der Waals surface area (Å²) in [6, 6.07) is 5.10. The molecule has 3 N–H and O–H groups in total. The van der Waals surface area contributed by atoms with E-state index in [0.29, 0.717) is 31.9 Å². The number of anilines is 2. The Kier molecular flexibility index (Phi) is 6.83. The number of nitrogen functional groups attached to an aromatic ring is 1. The molecule has 2 bridgehead atoms. The number of rotatable bonds is 5. The van der Waals surface area contributed by atoms with E-state index >= 15 is 0 Å². The monoisotopic (exact) mass is 655 g/mol. The molecule has 8 nitrogen and oxygen atoms in total. The van der Waals surface area contributed by atoms with Crippen LogP contribution in [0.5, 0.6) is 6.01 Å². The van der Waals surface area contributed by atoms with Gasteiger partial charge >= 0.3 is 12.2 Å². The number of benzene rings is 2. The minimum Gasteiger partial charge on any atom is -0.461 e. The minimum atomic E-state index is -4.80. The van der Waals surface area contributed by atoms with Gasteiger partial charge in [0.2, 0.25) is 5.69 Å². The summed E-state index contributed by atoms with van der Waals surface area (Å²) in [7, 11) is 0. The SMILES string of the molecule is [C-]#[N+]c1c(N)sc2c(F)ccc(-c3cc4nc(OC[C@@]56CCCN5C[C@H](F)C6)nc(N5CC6CCC(C5)N6)c4cc3C(F)(F)F)c12. The van der Waals surface area contributed by atoms with Crippen LogP contribution in [0.25, 0.3) is 37.0 Å². The van der Waals surface area contributed by atoms with E-state index in [0.717, 1.165) is 55.7 Å². The Morgan fingerprint density at radius 1 is 1.13 bits per heavy atom. The third-order valence-corrected chi connectivity index (χ3v) is 11.1. The molecule has 4 fully saturated rings. The molecule has 2 unspecified atom stereocenters. The van der Waals surface area contributed by atoms with Crippen molar-refractivity contribution in [3.63, 3.8) is 0 Å². The fraction of sp³-hybridized carbons (Fsp3) is 0.469. The van der Waals surface area contributed by atoms with Crippen LogP contribution in [0, 0.1) is 12.4 Å². The van der Waals surface area contributed by atoms with E-state index in [9.17, 15) is 22.0 Å². The molecule has 14 heteroatoms. The summed E-state index contributed by atoms with van der Waals surface area (Å²) in [5, 5.41) is 3.82. The van der Waals surface area contributed by atoms with Gasteiger partial charge in [0.15, 0.2) is 0 Å². The zero-order valence-corrected chi connectivity index (χ0v) is 25.4. The van der Waals surface area contributed by atoms with Gasteiger partial charge in [-0.25, -0.2) is 13.6 Å². The number of halogens is 5. The van der Waals surface area contributed by atoms with Crippen LogP contribution in [0.4, 0.5) is 38.5 Å². The van der Waals surface area contributed by atoms with Crippen molar-refractivity contribution in [2.24, 2.45) is 0 Å². The minimum absolute atomic E-state index is 0.00787. The zero-order chi connectivity index (χ0) is 32.0. The van der Waals surface area contributed by atoms with Crippen LogP contribution in [0.15, 0.2) is 24.3 Å². The van der Waals surface area contributed by atoms with Gasteiger partial charge in [-0.3, -0.25) is 4.90 Å². The Morgan fingerprint density at radius 2 is 1.91 bits per heavy atom. The number of hydrogen-bond donors (Lipinski definition) is 2. The van der Waals surface area contributed by atoms with Crippen molar-refractivity contribution in [1.29, 1.82) is 0 Å². The first-order valence-corrected chi connectivity index (χ1v) is 16.2. The van der Waals surface area contributed by atoms with Crippen LogP contribution in [0.2, 0.25) is 0 Å². The normalized spacial score (nSPS) is 26.3. The smallest absolute Gasteiger partial charge is 0.417 e. The molecule has 2 aromatic carbocycles. The lowest BCUT2D eigenvalue weighted by molar-refractivity contribution is -0.137. The molecule has 4 atom stereocenters. The number of alkyl halides is 4. The second-order valence-corrected chi connectivity index (χ2v) is 13.9. The zero-order valence-electron chi connectivity index (χ0n) is 24.6. The molecule has 4 saturated heterocycles. The lowest BCUT2D eigenvalue weighted by Crippen LogP contribution is -2.51. The number of nitrogens with one attached hydrogen (secondary N) is 1. The van der Waals surface area contributed by atoms with Crippen molar-refractivity contribution in [3.05, 3.63) is 47.1 Å². The van der Waals surface area contributed by atoms with Gasteiger partial charge in [0.05, 0.1) is 32.9 Å². The maximum absolute atomic E-state index is 14.9. The molecule has 2 aromatic heterocycles. The van der Waals surface area contributed by atoms with Gasteiger partial charge < -0.3 is 20.7 Å². The number of ether oxygens (including phenoxy) is 1. The number of nitrogens with zero attached hydrogens (tertiary/aromatic N) is 5. The fourth-order valence-electron chi connectivity index (χ4n) is 8.03. The van der Waals surface area contributed by atoms with E-state index in [1.54, 1.807) is 0 Å². The predicted molar refractivity (Wildman–Crippen MR) is 167 cm³/mol. The summed E-state index contributed by atoms with van der Waals surface area (Å²) in [5.74, 6) is -0.326. The molecule has 4 aliphatic rings. The van der Waals surface area contributed by atoms with Crippen LogP contribution < -0.4 is 20.7 Å². The lowest BCUT2D eigenvalue weighted by atomic mass is 9.94. The maximum Gasteiger partial charge on any atom is 0.417 e. The van der Waals surface area contributed by atoms with Gasteiger partial charge in [-0.05, 0) is 61.6 Å². The molecule has 46 heavy (non-hydrogen) atoms. The molecule has 0 aliphatic carbocycles. The highest BCUT2D eigenvalue weighted by atomic mass is 32.1. The standard InChI is InChI=1S/C32H30F5N7OS/c1-39-26-25-19(5-6-23(34)27(25)46-28(26)38)20-10-24-21(9-22(20)32(35,36)37)29(43-13-17-3-4-18(14-43)40-17)42-30(41-24)45-15-31-7-2-8-44(31)12-16(33)11-31/h5-6,9-10,16-18,40H,2-4,7-8,11-15,38H2/t16-,17?,18?,31+/m1/s1. The molecule has 4 aliphatic heterocycles. The number of nitrogens with two attached hydrogens (primary N) is 1. The van der Waals surface area contributed by atoms with Gasteiger partial charge in [-0.1, -0.05) is 6.07 Å². The van der Waals surface area contributed by atoms with Crippen LogP contribution in [-0.4, -0.2) is 71.4 Å². The molecule has 4 aromatic rings. The van der Waals surface area contributed by atoms with E-state index in [4.69, 9.17) is 22.0 Å². The second kappa shape index (κ2) is 10.6. The molecular formula is C32H30F5N7OS. The summed E-state index contributed by atoms with van der Waals surface area (Å²) in [5.41, 5.74) is 4.51. The highest BCUT2D eigenvalue weighted by Crippen LogP contribution is 2.50. The molecule has 6 heterocycles. The maximum atomic E-state index is 14.9. The number of thiophene rings is 1. The first-order valence-electron chi connectivity index (χ1n) is 15.4. The number of aromatic nitrogens is 2. The van der Waals surface area contributed by atoms with E-state index in [-0.39, 0.29) is 67.5 Å². The van der Waals surface area contributed by atoms with Gasteiger partial charge in [0.25, 0.3) is 0 Å². The highest BCUT2D eigenvalue weighted by molar-refractivity contribution is 7.23. The first-order chi connectivity index (χ1) is 22.0. The van der Waals surface area contributed by atoms with E-state index in [1.807, 2.05) is 4.90 Å². The summed E-state index contributed by atoms with van der Waals surface area (Å²) >= 11 is 0.830. The van der Waals surface area contributed by atoms with Crippen LogP contribution in [-0.2, 0) is 6.18 Å². The van der Waals surface area contributed by atoms with Crippen molar-refractivity contribution in [3.8, 4) is 17.1 Å². The molecule has 0 spiro atoms. The molecular weight excluding hydrogens is 625 g/mol. The Balaban J connectivity index is 1.31. The fourth-order valence-corrected chi connectivity index (χ4v) is 8.97. The highest BCUT2D eigenvalue weighted by Gasteiger charge is 2.49. The van der Waals surface area contributed by atoms with Crippen molar-refractivity contribution in [2.45, 2.75) is 62.1 Å².